The molecule has 0 aliphatic heterocycles. The molecule has 0 spiro atoms. The van der Waals surface area contributed by atoms with Crippen LogP contribution >= 0.6 is 34.8 Å². The summed E-state index contributed by atoms with van der Waals surface area (Å²) in [5.74, 6) is 0.337. The Labute approximate surface area is 149 Å². The highest BCUT2D eigenvalue weighted by Crippen LogP contribution is 2.28. The molecule has 0 bridgehead atoms. The summed E-state index contributed by atoms with van der Waals surface area (Å²) >= 11 is 17.9. The predicted octanol–water partition coefficient (Wildman–Crippen LogP) is 5.09. The Bertz CT molecular complexity index is 722. The number of ether oxygens (including phenoxy) is 1. The number of anilines is 2. The monoisotopic (exact) mass is 372 g/mol. The molecule has 0 aliphatic carbocycles. The zero-order valence-electron chi connectivity index (χ0n) is 12.5. The topological polar surface area (TPSA) is 50.4 Å². The molecule has 0 saturated heterocycles. The summed E-state index contributed by atoms with van der Waals surface area (Å²) in [7, 11) is 1.54. The maximum Gasteiger partial charge on any atom is 0.246 e. The fraction of sp³-hybridized carbons (Fsp3) is 0.188. The van der Waals surface area contributed by atoms with Gasteiger partial charge in [-0.1, -0.05) is 34.8 Å². The maximum absolute atomic E-state index is 12.2. The standard InChI is InChI=1S/C16H15Cl3N2O2/c1-9(20-11-4-6-15(23-2)13(19)8-11)16(22)21-14-5-3-10(17)7-12(14)18/h3-9,20H,1-2H3,(H,21,22). The average Bonchev–Trinajstić information content (AvgIpc) is 2.50. The van der Waals surface area contributed by atoms with Gasteiger partial charge in [-0.15, -0.1) is 0 Å². The lowest BCUT2D eigenvalue weighted by Gasteiger charge is -2.16. The van der Waals surface area contributed by atoms with Crippen LogP contribution in [-0.2, 0) is 4.79 Å². The van der Waals surface area contributed by atoms with Gasteiger partial charge in [-0.2, -0.15) is 0 Å². The second-order valence-electron chi connectivity index (χ2n) is 4.83. The largest absolute Gasteiger partial charge is 0.495 e. The highest BCUT2D eigenvalue weighted by atomic mass is 35.5. The molecule has 2 aromatic rings. The summed E-state index contributed by atoms with van der Waals surface area (Å²) in [6, 6.07) is 9.59. The molecule has 0 aliphatic rings. The van der Waals surface area contributed by atoms with Crippen LogP contribution in [0.5, 0.6) is 5.75 Å². The molecule has 0 heterocycles. The molecular formula is C16H15Cl3N2O2. The van der Waals surface area contributed by atoms with Crippen molar-refractivity contribution in [3.63, 3.8) is 0 Å². The van der Waals surface area contributed by atoms with E-state index in [2.05, 4.69) is 10.6 Å². The number of benzene rings is 2. The van der Waals surface area contributed by atoms with Gasteiger partial charge in [0.1, 0.15) is 11.8 Å². The van der Waals surface area contributed by atoms with Gasteiger partial charge in [-0.3, -0.25) is 4.79 Å². The van der Waals surface area contributed by atoms with E-state index < -0.39 is 6.04 Å². The molecular weight excluding hydrogens is 359 g/mol. The van der Waals surface area contributed by atoms with Gasteiger partial charge < -0.3 is 15.4 Å². The smallest absolute Gasteiger partial charge is 0.246 e. The van der Waals surface area contributed by atoms with Crippen molar-refractivity contribution in [2.45, 2.75) is 13.0 Å². The van der Waals surface area contributed by atoms with Crippen LogP contribution in [0.15, 0.2) is 36.4 Å². The molecule has 1 amide bonds. The van der Waals surface area contributed by atoms with E-state index in [-0.39, 0.29) is 5.91 Å². The number of halogens is 3. The summed E-state index contributed by atoms with van der Waals surface area (Å²) < 4.78 is 5.09. The molecule has 0 saturated carbocycles. The predicted molar refractivity (Wildman–Crippen MR) is 96.2 cm³/mol. The lowest BCUT2D eigenvalue weighted by atomic mass is 10.2. The van der Waals surface area contributed by atoms with Crippen LogP contribution in [0.25, 0.3) is 0 Å². The van der Waals surface area contributed by atoms with Crippen molar-refractivity contribution >= 4 is 52.1 Å². The molecule has 122 valence electrons. The Balaban J connectivity index is 2.03. The fourth-order valence-corrected chi connectivity index (χ4v) is 2.62. The Morgan fingerprint density at radius 1 is 1.09 bits per heavy atom. The molecule has 1 atom stereocenters. The Morgan fingerprint density at radius 2 is 1.83 bits per heavy atom. The number of rotatable bonds is 5. The first-order chi connectivity index (χ1) is 10.9. The fourth-order valence-electron chi connectivity index (χ4n) is 1.90. The van der Waals surface area contributed by atoms with Gasteiger partial charge in [0.2, 0.25) is 5.91 Å². The van der Waals surface area contributed by atoms with Gasteiger partial charge in [0.05, 0.1) is 22.8 Å². The van der Waals surface area contributed by atoms with Crippen LogP contribution < -0.4 is 15.4 Å². The third-order valence-electron chi connectivity index (χ3n) is 3.12. The number of carbonyl (C=O) groups excluding carboxylic acids is 1. The van der Waals surface area contributed by atoms with Crippen LogP contribution in [0.4, 0.5) is 11.4 Å². The van der Waals surface area contributed by atoms with Crippen LogP contribution in [0.1, 0.15) is 6.92 Å². The Morgan fingerprint density at radius 3 is 2.43 bits per heavy atom. The lowest BCUT2D eigenvalue weighted by molar-refractivity contribution is -0.116. The van der Waals surface area contributed by atoms with Crippen LogP contribution in [-0.4, -0.2) is 19.1 Å². The van der Waals surface area contributed by atoms with E-state index in [0.717, 1.165) is 0 Å². The molecule has 4 nitrogen and oxygen atoms in total. The average molecular weight is 374 g/mol. The minimum Gasteiger partial charge on any atom is -0.495 e. The molecule has 1 unspecified atom stereocenters. The number of methoxy groups -OCH3 is 1. The molecule has 2 rings (SSSR count). The van der Waals surface area contributed by atoms with Gasteiger partial charge >= 0.3 is 0 Å². The quantitative estimate of drug-likeness (QED) is 0.767. The summed E-state index contributed by atoms with van der Waals surface area (Å²) in [5.41, 5.74) is 1.21. The first-order valence-electron chi connectivity index (χ1n) is 6.76. The summed E-state index contributed by atoms with van der Waals surface area (Å²) in [5, 5.41) is 7.16. The normalized spacial score (nSPS) is 11.7. The van der Waals surface area contributed by atoms with Crippen molar-refractivity contribution in [1.29, 1.82) is 0 Å². The van der Waals surface area contributed by atoms with Crippen molar-refractivity contribution in [1.82, 2.24) is 0 Å². The second-order valence-corrected chi connectivity index (χ2v) is 6.08. The van der Waals surface area contributed by atoms with E-state index in [1.54, 1.807) is 50.4 Å². The third-order valence-corrected chi connectivity index (χ3v) is 3.96. The van der Waals surface area contributed by atoms with Crippen LogP contribution in [0, 0.1) is 0 Å². The molecule has 0 fully saturated rings. The zero-order chi connectivity index (χ0) is 17.0. The number of carbonyl (C=O) groups is 1. The molecule has 2 N–H and O–H groups in total. The molecule has 2 aromatic carbocycles. The van der Waals surface area contributed by atoms with Crippen molar-refractivity contribution in [2.75, 3.05) is 17.7 Å². The van der Waals surface area contributed by atoms with Gasteiger partial charge in [-0.05, 0) is 43.3 Å². The summed E-state index contributed by atoms with van der Waals surface area (Å²) in [6.07, 6.45) is 0. The molecule has 0 radical (unpaired) electrons. The van der Waals surface area contributed by atoms with Crippen LogP contribution in [0.3, 0.4) is 0 Å². The number of hydrogen-bond acceptors (Lipinski definition) is 3. The zero-order valence-corrected chi connectivity index (χ0v) is 14.8. The maximum atomic E-state index is 12.2. The van der Waals surface area contributed by atoms with Crippen LogP contribution in [0.2, 0.25) is 15.1 Å². The highest BCUT2D eigenvalue weighted by Gasteiger charge is 2.15. The molecule has 7 heteroatoms. The highest BCUT2D eigenvalue weighted by molar-refractivity contribution is 6.36. The molecule has 0 aromatic heterocycles. The number of amides is 1. The van der Waals surface area contributed by atoms with E-state index in [4.69, 9.17) is 39.5 Å². The van der Waals surface area contributed by atoms with Gasteiger partial charge in [-0.25, -0.2) is 0 Å². The SMILES string of the molecule is COc1ccc(NC(C)C(=O)Nc2ccc(Cl)cc2Cl)cc1Cl. The van der Waals surface area contributed by atoms with E-state index in [1.165, 1.54) is 0 Å². The third kappa shape index (κ3) is 4.67. The summed E-state index contributed by atoms with van der Waals surface area (Å²) in [6.45, 7) is 1.73. The van der Waals surface area contributed by atoms with E-state index >= 15 is 0 Å². The van der Waals surface area contributed by atoms with E-state index in [9.17, 15) is 4.79 Å². The first kappa shape index (κ1) is 17.7. The number of hydrogen-bond donors (Lipinski definition) is 2. The van der Waals surface area contributed by atoms with Crippen molar-refractivity contribution in [3.05, 3.63) is 51.5 Å². The lowest BCUT2D eigenvalue weighted by Crippen LogP contribution is -2.31. The van der Waals surface area contributed by atoms with E-state index in [1.807, 2.05) is 0 Å². The van der Waals surface area contributed by atoms with Gasteiger partial charge in [0.15, 0.2) is 0 Å². The minimum absolute atomic E-state index is 0.235. The van der Waals surface area contributed by atoms with E-state index in [0.29, 0.717) is 32.2 Å². The summed E-state index contributed by atoms with van der Waals surface area (Å²) in [4.78, 5) is 12.2. The second kappa shape index (κ2) is 7.77. The minimum atomic E-state index is -0.494. The first-order valence-corrected chi connectivity index (χ1v) is 7.90. The van der Waals surface area contributed by atoms with Gasteiger partial charge in [0, 0.05) is 10.7 Å². The Hall–Kier alpha value is -1.62. The molecule has 23 heavy (non-hydrogen) atoms. The van der Waals surface area contributed by atoms with Crippen molar-refractivity contribution < 1.29 is 9.53 Å². The van der Waals surface area contributed by atoms with Crippen molar-refractivity contribution in [2.24, 2.45) is 0 Å². The Kier molecular flexibility index (Phi) is 5.99. The van der Waals surface area contributed by atoms with Gasteiger partial charge in [0.25, 0.3) is 0 Å². The number of nitrogens with one attached hydrogen (secondary N) is 2. The van der Waals surface area contributed by atoms with Crippen molar-refractivity contribution in [3.8, 4) is 5.75 Å².